The van der Waals surface area contributed by atoms with Gasteiger partial charge in [-0.2, -0.15) is 0 Å². The Hall–Kier alpha value is -2.44. The Kier molecular flexibility index (Phi) is 5.54. The van der Waals surface area contributed by atoms with Crippen LogP contribution in [0.25, 0.3) is 0 Å². The molecule has 1 aliphatic rings. The van der Waals surface area contributed by atoms with E-state index in [4.69, 9.17) is 37.4 Å². The maximum Gasteiger partial charge on any atom is 0.339 e. The first-order valence-electron chi connectivity index (χ1n) is 7.80. The SMILES string of the molecule is CC(OC(=O)c1ccc2c(c1)OCCO2)C(=O)Nc1cc(Cl)cc(Cl)c1. The minimum Gasteiger partial charge on any atom is -0.486 e. The Morgan fingerprint density at radius 2 is 1.69 bits per heavy atom. The quantitative estimate of drug-likeness (QED) is 0.793. The van der Waals surface area contributed by atoms with E-state index in [-0.39, 0.29) is 5.56 Å². The second kappa shape index (κ2) is 7.85. The van der Waals surface area contributed by atoms with E-state index in [1.807, 2.05) is 0 Å². The van der Waals surface area contributed by atoms with Crippen molar-refractivity contribution in [3.63, 3.8) is 0 Å². The van der Waals surface area contributed by atoms with Crippen LogP contribution in [0.1, 0.15) is 17.3 Å². The number of carbonyl (C=O) groups is 2. The van der Waals surface area contributed by atoms with Crippen LogP contribution < -0.4 is 14.8 Å². The van der Waals surface area contributed by atoms with Gasteiger partial charge in [-0.15, -0.1) is 0 Å². The van der Waals surface area contributed by atoms with Crippen molar-refractivity contribution >= 4 is 40.8 Å². The number of hydrogen-bond acceptors (Lipinski definition) is 5. The fraction of sp³-hybridized carbons (Fsp3) is 0.222. The third-order valence-corrected chi connectivity index (χ3v) is 4.00. The first-order chi connectivity index (χ1) is 12.4. The van der Waals surface area contributed by atoms with Crippen LogP contribution in [0.4, 0.5) is 5.69 Å². The molecule has 0 aliphatic carbocycles. The van der Waals surface area contributed by atoms with Crippen LogP contribution in [-0.4, -0.2) is 31.2 Å². The molecule has 0 fully saturated rings. The molecule has 1 aliphatic heterocycles. The zero-order valence-corrected chi connectivity index (χ0v) is 15.3. The molecular formula is C18H15Cl2NO5. The maximum absolute atomic E-state index is 12.3. The lowest BCUT2D eigenvalue weighted by atomic mass is 10.2. The number of hydrogen-bond donors (Lipinski definition) is 1. The Morgan fingerprint density at radius 1 is 1.04 bits per heavy atom. The van der Waals surface area contributed by atoms with Crippen LogP contribution in [0.2, 0.25) is 10.0 Å². The smallest absolute Gasteiger partial charge is 0.339 e. The molecule has 0 saturated carbocycles. The van der Waals surface area contributed by atoms with Crippen LogP contribution in [-0.2, 0) is 9.53 Å². The fourth-order valence-electron chi connectivity index (χ4n) is 2.32. The van der Waals surface area contributed by atoms with E-state index >= 15 is 0 Å². The number of halogens is 2. The molecule has 1 unspecified atom stereocenters. The molecule has 0 spiro atoms. The van der Waals surface area contributed by atoms with E-state index in [0.717, 1.165) is 0 Å². The lowest BCUT2D eigenvalue weighted by Gasteiger charge is -2.19. The normalized spacial score (nSPS) is 13.7. The number of esters is 1. The van der Waals surface area contributed by atoms with Crippen LogP contribution in [0.3, 0.4) is 0 Å². The molecule has 0 saturated heterocycles. The van der Waals surface area contributed by atoms with Gasteiger partial charge in [-0.25, -0.2) is 4.79 Å². The summed E-state index contributed by atoms with van der Waals surface area (Å²) in [5.74, 6) is -0.115. The highest BCUT2D eigenvalue weighted by Gasteiger charge is 2.21. The Labute approximate surface area is 159 Å². The summed E-state index contributed by atoms with van der Waals surface area (Å²) in [6.07, 6.45) is -1.02. The summed E-state index contributed by atoms with van der Waals surface area (Å²) < 4.78 is 16.0. The van der Waals surface area contributed by atoms with E-state index in [9.17, 15) is 9.59 Å². The van der Waals surface area contributed by atoms with E-state index in [0.29, 0.717) is 40.4 Å². The molecule has 1 N–H and O–H groups in total. The van der Waals surface area contributed by atoms with Crippen molar-refractivity contribution < 1.29 is 23.8 Å². The van der Waals surface area contributed by atoms with Gasteiger partial charge in [-0.1, -0.05) is 23.2 Å². The Bertz CT molecular complexity index is 835. The van der Waals surface area contributed by atoms with Crippen molar-refractivity contribution in [3.8, 4) is 11.5 Å². The van der Waals surface area contributed by atoms with Gasteiger partial charge in [0.05, 0.1) is 5.56 Å². The largest absolute Gasteiger partial charge is 0.486 e. The minimum atomic E-state index is -1.02. The molecule has 0 aromatic heterocycles. The number of ether oxygens (including phenoxy) is 3. The van der Waals surface area contributed by atoms with Crippen molar-refractivity contribution in [2.24, 2.45) is 0 Å². The predicted octanol–water partition coefficient (Wildman–Crippen LogP) is 3.95. The lowest BCUT2D eigenvalue weighted by Crippen LogP contribution is -2.30. The topological polar surface area (TPSA) is 73.9 Å². The molecule has 2 aromatic rings. The van der Waals surface area contributed by atoms with Crippen molar-refractivity contribution in [1.82, 2.24) is 0 Å². The number of benzene rings is 2. The summed E-state index contributed by atoms with van der Waals surface area (Å²) >= 11 is 11.8. The molecule has 2 aromatic carbocycles. The van der Waals surface area contributed by atoms with Crippen molar-refractivity contribution in [3.05, 3.63) is 52.0 Å². The number of carbonyl (C=O) groups excluding carboxylic acids is 2. The molecule has 0 bridgehead atoms. The number of nitrogens with one attached hydrogen (secondary N) is 1. The average Bonchev–Trinajstić information content (AvgIpc) is 2.60. The van der Waals surface area contributed by atoms with E-state index in [1.165, 1.54) is 13.0 Å². The highest BCUT2D eigenvalue weighted by Crippen LogP contribution is 2.31. The third-order valence-electron chi connectivity index (χ3n) is 3.56. The van der Waals surface area contributed by atoms with Gasteiger partial charge in [0.1, 0.15) is 13.2 Å². The molecule has 0 radical (unpaired) electrons. The summed E-state index contributed by atoms with van der Waals surface area (Å²) in [5, 5.41) is 3.37. The van der Waals surface area contributed by atoms with Crippen molar-refractivity contribution in [2.45, 2.75) is 13.0 Å². The van der Waals surface area contributed by atoms with E-state index in [1.54, 1.807) is 30.3 Å². The van der Waals surface area contributed by atoms with E-state index in [2.05, 4.69) is 5.32 Å². The van der Waals surface area contributed by atoms with Crippen molar-refractivity contribution in [1.29, 1.82) is 0 Å². The molecule has 8 heteroatoms. The monoisotopic (exact) mass is 395 g/mol. The highest BCUT2D eigenvalue weighted by atomic mass is 35.5. The molecule has 136 valence electrons. The number of anilines is 1. The van der Waals surface area contributed by atoms with E-state index < -0.39 is 18.0 Å². The number of amides is 1. The summed E-state index contributed by atoms with van der Waals surface area (Å²) in [6.45, 7) is 2.34. The third kappa shape index (κ3) is 4.39. The highest BCUT2D eigenvalue weighted by molar-refractivity contribution is 6.35. The first kappa shape index (κ1) is 18.4. The molecule has 1 amide bonds. The van der Waals surface area contributed by atoms with Gasteiger partial charge in [0.25, 0.3) is 5.91 Å². The maximum atomic E-state index is 12.3. The molecule has 3 rings (SSSR count). The summed E-state index contributed by atoms with van der Waals surface area (Å²) in [5.41, 5.74) is 0.675. The van der Waals surface area contributed by atoms with Gasteiger partial charge in [0, 0.05) is 15.7 Å². The number of fused-ring (bicyclic) bond motifs is 1. The van der Waals surface area contributed by atoms with Crippen LogP contribution >= 0.6 is 23.2 Å². The zero-order chi connectivity index (χ0) is 18.7. The van der Waals surface area contributed by atoms with Gasteiger partial charge in [0.15, 0.2) is 17.6 Å². The average molecular weight is 396 g/mol. The second-order valence-electron chi connectivity index (χ2n) is 5.55. The molecule has 1 atom stereocenters. The molecular weight excluding hydrogens is 381 g/mol. The fourth-order valence-corrected chi connectivity index (χ4v) is 2.85. The zero-order valence-electron chi connectivity index (χ0n) is 13.8. The van der Waals surface area contributed by atoms with Crippen LogP contribution in [0.5, 0.6) is 11.5 Å². The molecule has 1 heterocycles. The van der Waals surface area contributed by atoms with Gasteiger partial charge in [-0.3, -0.25) is 4.79 Å². The number of rotatable bonds is 4. The first-order valence-corrected chi connectivity index (χ1v) is 8.55. The lowest BCUT2D eigenvalue weighted by molar-refractivity contribution is -0.123. The molecule has 26 heavy (non-hydrogen) atoms. The summed E-state index contributed by atoms with van der Waals surface area (Å²) in [7, 11) is 0. The van der Waals surface area contributed by atoms with Crippen molar-refractivity contribution in [2.75, 3.05) is 18.5 Å². The summed E-state index contributed by atoms with van der Waals surface area (Å²) in [6, 6.07) is 9.34. The Morgan fingerprint density at radius 3 is 2.38 bits per heavy atom. The standard InChI is InChI=1S/C18H15Cl2NO5/c1-10(17(22)21-14-8-12(19)7-13(20)9-14)26-18(23)11-2-3-15-16(6-11)25-5-4-24-15/h2-3,6-10H,4-5H2,1H3,(H,21,22). The second-order valence-corrected chi connectivity index (χ2v) is 6.43. The minimum absolute atomic E-state index is 0.264. The van der Waals surface area contributed by atoms with Gasteiger partial charge >= 0.3 is 5.97 Å². The Balaban J connectivity index is 1.64. The summed E-state index contributed by atoms with van der Waals surface area (Å²) in [4.78, 5) is 24.5. The molecule has 6 nitrogen and oxygen atoms in total. The van der Waals surface area contributed by atoms with Gasteiger partial charge < -0.3 is 19.5 Å². The van der Waals surface area contributed by atoms with Crippen LogP contribution in [0.15, 0.2) is 36.4 Å². The van der Waals surface area contributed by atoms with Gasteiger partial charge in [0.2, 0.25) is 0 Å². The van der Waals surface area contributed by atoms with Crippen LogP contribution in [0, 0.1) is 0 Å². The van der Waals surface area contributed by atoms with Gasteiger partial charge in [-0.05, 0) is 43.3 Å². The predicted molar refractivity (Wildman–Crippen MR) is 97.4 cm³/mol.